The van der Waals surface area contributed by atoms with Crippen molar-refractivity contribution in [3.05, 3.63) is 46.1 Å². The molecule has 1 aromatic heterocycles. The predicted molar refractivity (Wildman–Crippen MR) is 84.2 cm³/mol. The topological polar surface area (TPSA) is 87.7 Å². The van der Waals surface area contributed by atoms with Gasteiger partial charge in [0.15, 0.2) is 5.82 Å². The highest BCUT2D eigenvalue weighted by atomic mass is 19.1. The van der Waals surface area contributed by atoms with Gasteiger partial charge < -0.3 is 10.3 Å². The number of carbonyl (C=O) groups is 1. The summed E-state index contributed by atoms with van der Waals surface area (Å²) in [7, 11) is 0. The maximum Gasteiger partial charge on any atom is 0.273 e. The maximum atomic E-state index is 12.9. The van der Waals surface area contributed by atoms with Gasteiger partial charge in [-0.15, -0.1) is 10.2 Å². The lowest BCUT2D eigenvalue weighted by Crippen LogP contribution is -2.28. The van der Waals surface area contributed by atoms with Gasteiger partial charge in [-0.3, -0.25) is 9.59 Å². The number of benzene rings is 1. The van der Waals surface area contributed by atoms with Crippen LogP contribution in [0.25, 0.3) is 11.4 Å². The Kier molecular flexibility index (Phi) is 5.56. The Balaban J connectivity index is 2.01. The van der Waals surface area contributed by atoms with Crippen molar-refractivity contribution in [3.63, 3.8) is 0 Å². The lowest BCUT2D eigenvalue weighted by Gasteiger charge is -2.07. The maximum absolute atomic E-state index is 12.9. The van der Waals surface area contributed by atoms with Crippen LogP contribution >= 0.6 is 0 Å². The molecular formula is C16H19FN4O2. The van der Waals surface area contributed by atoms with Crippen LogP contribution in [-0.2, 0) is 11.2 Å². The molecule has 6 nitrogen and oxygen atoms in total. The van der Waals surface area contributed by atoms with Gasteiger partial charge in [-0.25, -0.2) is 4.39 Å². The molecule has 0 aliphatic heterocycles. The lowest BCUT2D eigenvalue weighted by atomic mass is 10.2. The minimum absolute atomic E-state index is 0.123. The SMILES string of the molecule is CC(C)CNC(=O)CCc1nnc(-c2ccc(F)cc2)[nH]c1=O. The summed E-state index contributed by atoms with van der Waals surface area (Å²) in [6, 6.07) is 5.58. The third-order valence-electron chi connectivity index (χ3n) is 3.18. The van der Waals surface area contributed by atoms with E-state index in [1.165, 1.54) is 24.3 Å². The minimum Gasteiger partial charge on any atom is -0.356 e. The fourth-order valence-electron chi connectivity index (χ4n) is 1.90. The zero-order valence-electron chi connectivity index (χ0n) is 13.1. The van der Waals surface area contributed by atoms with Crippen molar-refractivity contribution < 1.29 is 9.18 Å². The quantitative estimate of drug-likeness (QED) is 0.848. The van der Waals surface area contributed by atoms with Crippen molar-refractivity contribution in [1.82, 2.24) is 20.5 Å². The van der Waals surface area contributed by atoms with E-state index in [1.807, 2.05) is 13.8 Å². The first-order valence-electron chi connectivity index (χ1n) is 7.44. The number of halogens is 1. The van der Waals surface area contributed by atoms with Gasteiger partial charge in [0, 0.05) is 24.9 Å². The summed E-state index contributed by atoms with van der Waals surface area (Å²) in [4.78, 5) is 26.2. The van der Waals surface area contributed by atoms with E-state index in [0.717, 1.165) is 0 Å². The van der Waals surface area contributed by atoms with E-state index in [4.69, 9.17) is 0 Å². The lowest BCUT2D eigenvalue weighted by molar-refractivity contribution is -0.121. The van der Waals surface area contributed by atoms with E-state index in [9.17, 15) is 14.0 Å². The van der Waals surface area contributed by atoms with E-state index >= 15 is 0 Å². The molecule has 1 amide bonds. The van der Waals surface area contributed by atoms with Crippen molar-refractivity contribution in [2.45, 2.75) is 26.7 Å². The molecule has 0 saturated heterocycles. The first-order valence-corrected chi connectivity index (χ1v) is 7.44. The number of hydrogen-bond acceptors (Lipinski definition) is 4. The summed E-state index contributed by atoms with van der Waals surface area (Å²) in [5, 5.41) is 10.6. The van der Waals surface area contributed by atoms with Crippen LogP contribution in [0.2, 0.25) is 0 Å². The van der Waals surface area contributed by atoms with Crippen molar-refractivity contribution in [2.24, 2.45) is 5.92 Å². The second-order valence-corrected chi connectivity index (χ2v) is 5.65. The molecule has 0 aliphatic rings. The molecule has 122 valence electrons. The van der Waals surface area contributed by atoms with E-state index in [0.29, 0.717) is 18.0 Å². The molecule has 2 rings (SSSR count). The molecule has 1 aromatic carbocycles. The third kappa shape index (κ3) is 4.98. The molecule has 0 bridgehead atoms. The first-order chi connectivity index (χ1) is 11.0. The van der Waals surface area contributed by atoms with Gasteiger partial charge in [0.05, 0.1) is 0 Å². The molecule has 23 heavy (non-hydrogen) atoms. The van der Waals surface area contributed by atoms with Gasteiger partial charge in [0.2, 0.25) is 5.91 Å². The Bertz CT molecular complexity index is 726. The van der Waals surface area contributed by atoms with Gasteiger partial charge in [-0.05, 0) is 30.2 Å². The van der Waals surface area contributed by atoms with Crippen LogP contribution in [0.15, 0.2) is 29.1 Å². The molecular weight excluding hydrogens is 299 g/mol. The molecule has 0 radical (unpaired) electrons. The van der Waals surface area contributed by atoms with E-state index in [1.54, 1.807) is 0 Å². The number of amides is 1. The molecule has 1 heterocycles. The standard InChI is InChI=1S/C16H19FN4O2/c1-10(2)9-18-14(22)8-7-13-16(23)19-15(21-20-13)11-3-5-12(17)6-4-11/h3-6,10H,7-9H2,1-2H3,(H,18,22)(H,19,21,23). The molecule has 0 atom stereocenters. The number of H-pyrrole nitrogens is 1. The highest BCUT2D eigenvalue weighted by molar-refractivity contribution is 5.76. The number of carbonyl (C=O) groups excluding carboxylic acids is 1. The smallest absolute Gasteiger partial charge is 0.273 e. The Morgan fingerprint density at radius 2 is 1.96 bits per heavy atom. The molecule has 0 fully saturated rings. The Morgan fingerprint density at radius 1 is 1.26 bits per heavy atom. The van der Waals surface area contributed by atoms with E-state index in [-0.39, 0.29) is 36.1 Å². The molecule has 0 aliphatic carbocycles. The van der Waals surface area contributed by atoms with E-state index < -0.39 is 5.56 Å². The van der Waals surface area contributed by atoms with Crippen molar-refractivity contribution in [2.75, 3.05) is 6.54 Å². The summed E-state index contributed by atoms with van der Waals surface area (Å²) in [6.07, 6.45) is 0.399. The molecule has 2 aromatic rings. The van der Waals surface area contributed by atoms with Crippen LogP contribution < -0.4 is 10.9 Å². The highest BCUT2D eigenvalue weighted by Crippen LogP contribution is 2.12. The van der Waals surface area contributed by atoms with Crippen LogP contribution in [0, 0.1) is 11.7 Å². The highest BCUT2D eigenvalue weighted by Gasteiger charge is 2.09. The Labute approximate surface area is 133 Å². The van der Waals surface area contributed by atoms with Crippen LogP contribution in [0.4, 0.5) is 4.39 Å². The number of aryl methyl sites for hydroxylation is 1. The molecule has 2 N–H and O–H groups in total. The first kappa shape index (κ1) is 16.8. The van der Waals surface area contributed by atoms with Crippen molar-refractivity contribution >= 4 is 5.91 Å². The number of aromatic amines is 1. The van der Waals surface area contributed by atoms with Crippen LogP contribution in [0.5, 0.6) is 0 Å². The van der Waals surface area contributed by atoms with Crippen molar-refractivity contribution in [3.8, 4) is 11.4 Å². The summed E-state index contributed by atoms with van der Waals surface area (Å²) in [5.41, 5.74) is 0.378. The summed E-state index contributed by atoms with van der Waals surface area (Å²) in [6.45, 7) is 4.61. The number of rotatable bonds is 6. The molecule has 0 saturated carbocycles. The average molecular weight is 318 g/mol. The minimum atomic E-state index is -0.393. The largest absolute Gasteiger partial charge is 0.356 e. The number of nitrogens with one attached hydrogen (secondary N) is 2. The fraction of sp³-hybridized carbons (Fsp3) is 0.375. The van der Waals surface area contributed by atoms with Gasteiger partial charge >= 0.3 is 0 Å². The zero-order valence-corrected chi connectivity index (χ0v) is 13.1. The zero-order chi connectivity index (χ0) is 16.8. The molecule has 0 spiro atoms. The van der Waals surface area contributed by atoms with Crippen molar-refractivity contribution in [1.29, 1.82) is 0 Å². The Morgan fingerprint density at radius 3 is 2.57 bits per heavy atom. The number of nitrogens with zero attached hydrogens (tertiary/aromatic N) is 2. The Hall–Kier alpha value is -2.57. The van der Waals surface area contributed by atoms with E-state index in [2.05, 4.69) is 20.5 Å². The second-order valence-electron chi connectivity index (χ2n) is 5.65. The van der Waals surface area contributed by atoms with Gasteiger partial charge in [-0.1, -0.05) is 13.8 Å². The number of aromatic nitrogens is 3. The van der Waals surface area contributed by atoms with Crippen LogP contribution in [0.3, 0.4) is 0 Å². The monoisotopic (exact) mass is 318 g/mol. The summed E-state index contributed by atoms with van der Waals surface area (Å²) < 4.78 is 12.9. The summed E-state index contributed by atoms with van der Waals surface area (Å²) in [5.74, 6) is 0.149. The second kappa shape index (κ2) is 7.62. The summed E-state index contributed by atoms with van der Waals surface area (Å²) >= 11 is 0. The van der Waals surface area contributed by atoms with Gasteiger partial charge in [-0.2, -0.15) is 0 Å². The fourth-order valence-corrected chi connectivity index (χ4v) is 1.90. The predicted octanol–water partition coefficient (Wildman–Crippen LogP) is 1.68. The molecule has 0 unspecified atom stereocenters. The third-order valence-corrected chi connectivity index (χ3v) is 3.18. The average Bonchev–Trinajstić information content (AvgIpc) is 2.52. The number of hydrogen-bond donors (Lipinski definition) is 2. The van der Waals surface area contributed by atoms with Gasteiger partial charge in [0.1, 0.15) is 11.5 Å². The normalized spacial score (nSPS) is 10.8. The van der Waals surface area contributed by atoms with Gasteiger partial charge in [0.25, 0.3) is 5.56 Å². The van der Waals surface area contributed by atoms with Crippen LogP contribution in [-0.4, -0.2) is 27.6 Å². The molecule has 7 heteroatoms. The van der Waals surface area contributed by atoms with Crippen LogP contribution in [0.1, 0.15) is 26.0 Å².